The summed E-state index contributed by atoms with van der Waals surface area (Å²) in [4.78, 5) is 24.0. The second-order valence-electron chi connectivity index (χ2n) is 12.0. The lowest BCUT2D eigenvalue weighted by molar-refractivity contribution is -0.137. The Labute approximate surface area is 240 Å². The van der Waals surface area contributed by atoms with Gasteiger partial charge in [0, 0.05) is 5.56 Å². The van der Waals surface area contributed by atoms with E-state index in [1.807, 2.05) is 12.1 Å². The predicted molar refractivity (Wildman–Crippen MR) is 164 cm³/mol. The molecule has 2 atom stereocenters. The van der Waals surface area contributed by atoms with Crippen molar-refractivity contribution >= 4 is 11.8 Å². The quantitative estimate of drug-likeness (QED) is 0.142. The largest absolute Gasteiger partial charge is 0.460 e. The molecule has 0 aromatic heterocycles. The Morgan fingerprint density at radius 3 is 2.12 bits per heavy atom. The number of carbonyl (C=O) groups is 2. The van der Waals surface area contributed by atoms with Gasteiger partial charge in [0.05, 0.1) is 12.7 Å². The number of aliphatic hydroxyl groups excluding tert-OH is 1. The van der Waals surface area contributed by atoms with Gasteiger partial charge in [0.15, 0.2) is 0 Å². The standard InChI is InChI=1S/C36H46O4/c1-8-27(12-10-26-11-13-28(24(3)22-26)19-21-33(37)36(5,6)7)31-18-20-32(25(4)23-31)29-14-16-30(17-15-29)34(38)35(39)40-9-2/h11,13-18,20,22-23,27,33,37H,8-10,12,19,21H2,1-7H3. The number of carbonyl (C=O) groups excluding carboxylic acids is 2. The fourth-order valence-electron chi connectivity index (χ4n) is 5.25. The molecule has 0 saturated carbocycles. The highest BCUT2D eigenvalue weighted by Gasteiger charge is 2.22. The lowest BCUT2D eigenvalue weighted by Crippen LogP contribution is -2.26. The number of ether oxygens (including phenoxy) is 1. The topological polar surface area (TPSA) is 63.6 Å². The summed E-state index contributed by atoms with van der Waals surface area (Å²) in [7, 11) is 0. The van der Waals surface area contributed by atoms with E-state index >= 15 is 0 Å². The Morgan fingerprint density at radius 1 is 0.850 bits per heavy atom. The minimum atomic E-state index is -0.816. The molecule has 0 saturated heterocycles. The Balaban J connectivity index is 1.65. The number of rotatable bonds is 12. The maximum Gasteiger partial charge on any atom is 0.379 e. The number of hydrogen-bond donors (Lipinski definition) is 1. The monoisotopic (exact) mass is 542 g/mol. The zero-order chi connectivity index (χ0) is 29.4. The van der Waals surface area contributed by atoms with Crippen molar-refractivity contribution in [1.82, 2.24) is 0 Å². The van der Waals surface area contributed by atoms with Crippen molar-refractivity contribution in [2.24, 2.45) is 5.41 Å². The summed E-state index contributed by atoms with van der Waals surface area (Å²) >= 11 is 0. The second-order valence-corrected chi connectivity index (χ2v) is 12.0. The molecule has 0 radical (unpaired) electrons. The summed E-state index contributed by atoms with van der Waals surface area (Å²) in [6, 6.07) is 20.7. The minimum Gasteiger partial charge on any atom is -0.460 e. The van der Waals surface area contributed by atoms with Gasteiger partial charge in [-0.3, -0.25) is 4.79 Å². The van der Waals surface area contributed by atoms with E-state index < -0.39 is 11.8 Å². The van der Waals surface area contributed by atoms with Crippen molar-refractivity contribution in [2.75, 3.05) is 6.61 Å². The Morgan fingerprint density at radius 2 is 1.55 bits per heavy atom. The Kier molecular flexibility index (Phi) is 10.9. The molecule has 0 aliphatic rings. The van der Waals surface area contributed by atoms with Crippen LogP contribution in [0.2, 0.25) is 0 Å². The van der Waals surface area contributed by atoms with E-state index in [-0.39, 0.29) is 18.1 Å². The zero-order valence-corrected chi connectivity index (χ0v) is 25.3. The molecule has 0 amide bonds. The van der Waals surface area contributed by atoms with E-state index in [1.54, 1.807) is 19.1 Å². The summed E-state index contributed by atoms with van der Waals surface area (Å²) in [5.41, 5.74) is 8.93. The van der Waals surface area contributed by atoms with E-state index in [0.717, 1.165) is 43.2 Å². The van der Waals surface area contributed by atoms with Crippen molar-refractivity contribution in [3.63, 3.8) is 0 Å². The molecular formula is C36H46O4. The second kappa shape index (κ2) is 13.9. The maximum absolute atomic E-state index is 12.2. The van der Waals surface area contributed by atoms with Gasteiger partial charge in [-0.1, -0.05) is 88.4 Å². The lowest BCUT2D eigenvalue weighted by Gasteiger charge is -2.26. The van der Waals surface area contributed by atoms with Crippen LogP contribution < -0.4 is 0 Å². The molecule has 2 unspecified atom stereocenters. The average Bonchev–Trinajstić information content (AvgIpc) is 2.92. The number of aliphatic hydroxyl groups is 1. The van der Waals surface area contributed by atoms with Crippen LogP contribution in [0.25, 0.3) is 11.1 Å². The van der Waals surface area contributed by atoms with Crippen LogP contribution in [0.1, 0.15) is 98.0 Å². The summed E-state index contributed by atoms with van der Waals surface area (Å²) in [5, 5.41) is 10.4. The van der Waals surface area contributed by atoms with Gasteiger partial charge in [0.25, 0.3) is 5.78 Å². The SMILES string of the molecule is CCOC(=O)C(=O)c1ccc(-c2ccc(C(CC)CCc3ccc(CCC(O)C(C)(C)C)c(C)c3)cc2C)cc1. The number of hydrogen-bond acceptors (Lipinski definition) is 4. The van der Waals surface area contributed by atoms with Gasteiger partial charge in [-0.15, -0.1) is 0 Å². The van der Waals surface area contributed by atoms with E-state index in [1.165, 1.54) is 27.8 Å². The molecule has 0 bridgehead atoms. The van der Waals surface area contributed by atoms with E-state index in [9.17, 15) is 14.7 Å². The molecule has 3 aromatic carbocycles. The van der Waals surface area contributed by atoms with Gasteiger partial charge >= 0.3 is 5.97 Å². The van der Waals surface area contributed by atoms with Crippen LogP contribution in [0.3, 0.4) is 0 Å². The first kappa shape index (κ1) is 31.3. The molecule has 0 fully saturated rings. The molecule has 0 aliphatic heterocycles. The summed E-state index contributed by atoms with van der Waals surface area (Å²) in [6.07, 6.45) is 4.57. The molecule has 1 N–H and O–H groups in total. The molecule has 3 rings (SSSR count). The summed E-state index contributed by atoms with van der Waals surface area (Å²) in [6.45, 7) is 14.7. The van der Waals surface area contributed by atoms with Crippen molar-refractivity contribution in [1.29, 1.82) is 0 Å². The smallest absolute Gasteiger partial charge is 0.379 e. The third-order valence-corrected chi connectivity index (χ3v) is 8.01. The van der Waals surface area contributed by atoms with Crippen LogP contribution >= 0.6 is 0 Å². The highest BCUT2D eigenvalue weighted by Crippen LogP contribution is 2.31. The first-order chi connectivity index (χ1) is 18.9. The van der Waals surface area contributed by atoms with Gasteiger partial charge in [-0.05, 0) is 103 Å². The normalized spacial score (nSPS) is 13.1. The van der Waals surface area contributed by atoms with Crippen LogP contribution in [0, 0.1) is 19.3 Å². The number of esters is 1. The Hall–Kier alpha value is -3.24. The maximum atomic E-state index is 12.2. The zero-order valence-electron chi connectivity index (χ0n) is 25.3. The fraction of sp³-hybridized carbons (Fsp3) is 0.444. The van der Waals surface area contributed by atoms with Crippen LogP contribution in [0.15, 0.2) is 60.7 Å². The van der Waals surface area contributed by atoms with E-state index in [2.05, 4.69) is 77.9 Å². The first-order valence-corrected chi connectivity index (χ1v) is 14.6. The van der Waals surface area contributed by atoms with Crippen molar-refractivity contribution in [3.8, 4) is 11.1 Å². The molecule has 0 aliphatic carbocycles. The number of aryl methyl sites for hydroxylation is 4. The van der Waals surface area contributed by atoms with Gasteiger partial charge in [-0.25, -0.2) is 4.79 Å². The van der Waals surface area contributed by atoms with E-state index in [4.69, 9.17) is 4.74 Å². The average molecular weight is 543 g/mol. The third kappa shape index (κ3) is 8.14. The van der Waals surface area contributed by atoms with Crippen LogP contribution in [0.5, 0.6) is 0 Å². The highest BCUT2D eigenvalue weighted by molar-refractivity contribution is 6.40. The highest BCUT2D eigenvalue weighted by atomic mass is 16.5. The summed E-state index contributed by atoms with van der Waals surface area (Å²) < 4.78 is 4.83. The molecule has 214 valence electrons. The van der Waals surface area contributed by atoms with Crippen molar-refractivity contribution in [3.05, 3.63) is 94.0 Å². The predicted octanol–water partition coefficient (Wildman–Crippen LogP) is 8.18. The number of ketones is 1. The number of benzene rings is 3. The molecule has 0 heterocycles. The summed E-state index contributed by atoms with van der Waals surface area (Å²) in [5.74, 6) is -0.960. The molecule has 40 heavy (non-hydrogen) atoms. The fourth-order valence-corrected chi connectivity index (χ4v) is 5.25. The van der Waals surface area contributed by atoms with Gasteiger partial charge < -0.3 is 9.84 Å². The molecule has 4 heteroatoms. The Bertz CT molecular complexity index is 1300. The van der Waals surface area contributed by atoms with Gasteiger partial charge in [-0.2, -0.15) is 0 Å². The van der Waals surface area contributed by atoms with E-state index in [0.29, 0.717) is 11.5 Å². The van der Waals surface area contributed by atoms with Crippen LogP contribution in [0.4, 0.5) is 0 Å². The molecule has 3 aromatic rings. The van der Waals surface area contributed by atoms with Crippen LogP contribution in [-0.4, -0.2) is 29.6 Å². The van der Waals surface area contributed by atoms with Crippen molar-refractivity contribution in [2.45, 2.75) is 92.6 Å². The van der Waals surface area contributed by atoms with Gasteiger partial charge in [0.2, 0.25) is 0 Å². The van der Waals surface area contributed by atoms with Crippen molar-refractivity contribution < 1.29 is 19.4 Å². The minimum absolute atomic E-state index is 0.0873. The third-order valence-electron chi connectivity index (χ3n) is 8.01. The molecule has 4 nitrogen and oxygen atoms in total. The van der Waals surface area contributed by atoms with Crippen LogP contribution in [-0.2, 0) is 22.4 Å². The van der Waals surface area contributed by atoms with Gasteiger partial charge in [0.1, 0.15) is 0 Å². The first-order valence-electron chi connectivity index (χ1n) is 14.6. The molecular weight excluding hydrogens is 496 g/mol. The number of Topliss-reactive ketones (excluding diaryl/α,β-unsaturated/α-hetero) is 1. The lowest BCUT2D eigenvalue weighted by atomic mass is 9.85. The molecule has 0 spiro atoms.